The Morgan fingerprint density at radius 3 is 2.94 bits per heavy atom. The first-order valence-electron chi connectivity index (χ1n) is 5.92. The topological polar surface area (TPSA) is 15.3 Å². The van der Waals surface area contributed by atoms with E-state index in [1.165, 1.54) is 15.6 Å². The van der Waals surface area contributed by atoms with Crippen LogP contribution < -0.4 is 5.32 Å². The molecule has 3 rings (SSSR count). The number of nitrogens with zero attached hydrogens (tertiary/aromatic N) is 1. The Morgan fingerprint density at radius 1 is 1.29 bits per heavy atom. The molecule has 1 saturated heterocycles. The molecule has 0 bridgehead atoms. The second-order valence-electron chi connectivity index (χ2n) is 4.40. The van der Waals surface area contributed by atoms with E-state index >= 15 is 0 Å². The second-order valence-corrected chi connectivity index (χ2v) is 5.69. The maximum Gasteiger partial charge on any atom is 0.0584 e. The van der Waals surface area contributed by atoms with Gasteiger partial charge in [-0.25, -0.2) is 0 Å². The molecule has 0 unspecified atom stereocenters. The molecule has 0 saturated carbocycles. The van der Waals surface area contributed by atoms with E-state index < -0.39 is 0 Å². The first-order chi connectivity index (χ1) is 8.34. The highest BCUT2D eigenvalue weighted by Gasteiger charge is 2.13. The molecule has 1 aliphatic rings. The largest absolute Gasteiger partial charge is 0.314 e. The van der Waals surface area contributed by atoms with Crippen molar-refractivity contribution in [2.45, 2.75) is 6.54 Å². The summed E-state index contributed by atoms with van der Waals surface area (Å²) < 4.78 is 1.22. The van der Waals surface area contributed by atoms with E-state index in [9.17, 15) is 0 Å². The van der Waals surface area contributed by atoms with Crippen molar-refractivity contribution < 1.29 is 0 Å². The molecule has 1 fully saturated rings. The van der Waals surface area contributed by atoms with Gasteiger partial charge >= 0.3 is 0 Å². The number of fused-ring (bicyclic) bond motifs is 1. The summed E-state index contributed by atoms with van der Waals surface area (Å²) in [5.74, 6) is 0. The molecular formula is C13H15ClN2S. The van der Waals surface area contributed by atoms with Crippen LogP contribution in [-0.4, -0.2) is 31.1 Å². The van der Waals surface area contributed by atoms with Crippen LogP contribution in [0.5, 0.6) is 0 Å². The summed E-state index contributed by atoms with van der Waals surface area (Å²) in [5, 5.41) is 7.82. The van der Waals surface area contributed by atoms with Crippen LogP contribution in [0.15, 0.2) is 23.6 Å². The predicted octanol–water partition coefficient (Wildman–Crippen LogP) is 2.96. The van der Waals surface area contributed by atoms with Gasteiger partial charge in [-0.15, -0.1) is 11.3 Å². The maximum atomic E-state index is 6.20. The van der Waals surface area contributed by atoms with Gasteiger partial charge in [0.25, 0.3) is 0 Å². The van der Waals surface area contributed by atoms with E-state index in [-0.39, 0.29) is 0 Å². The minimum atomic E-state index is 0.874. The van der Waals surface area contributed by atoms with E-state index in [4.69, 9.17) is 11.6 Å². The smallest absolute Gasteiger partial charge is 0.0584 e. The van der Waals surface area contributed by atoms with Crippen molar-refractivity contribution >= 4 is 33.0 Å². The quantitative estimate of drug-likeness (QED) is 0.899. The SMILES string of the molecule is Clc1cccc2c(CN3CCNCC3)csc12. The lowest BCUT2D eigenvalue weighted by atomic mass is 10.1. The average Bonchev–Trinajstić information content (AvgIpc) is 2.76. The van der Waals surface area contributed by atoms with E-state index in [1.54, 1.807) is 11.3 Å². The van der Waals surface area contributed by atoms with Crippen LogP contribution in [0.1, 0.15) is 5.56 Å². The fourth-order valence-electron chi connectivity index (χ4n) is 2.31. The minimum Gasteiger partial charge on any atom is -0.314 e. The highest BCUT2D eigenvalue weighted by Crippen LogP contribution is 2.32. The molecular weight excluding hydrogens is 252 g/mol. The third-order valence-electron chi connectivity index (χ3n) is 3.24. The first-order valence-corrected chi connectivity index (χ1v) is 7.18. The lowest BCUT2D eigenvalue weighted by Gasteiger charge is -2.26. The van der Waals surface area contributed by atoms with Crippen molar-refractivity contribution in [3.63, 3.8) is 0 Å². The van der Waals surface area contributed by atoms with Crippen LogP contribution in [0.3, 0.4) is 0 Å². The standard InChI is InChI=1S/C13H15ClN2S/c14-12-3-1-2-11-10(9-17-13(11)12)8-16-6-4-15-5-7-16/h1-3,9,15H,4-8H2. The highest BCUT2D eigenvalue weighted by atomic mass is 35.5. The van der Waals surface area contributed by atoms with Gasteiger partial charge in [0.2, 0.25) is 0 Å². The Bertz CT molecular complexity index is 517. The number of piperazine rings is 1. The number of nitrogens with one attached hydrogen (secondary N) is 1. The summed E-state index contributed by atoms with van der Waals surface area (Å²) in [5.41, 5.74) is 1.41. The van der Waals surface area contributed by atoms with Crippen LogP contribution in [0.25, 0.3) is 10.1 Å². The third-order valence-corrected chi connectivity index (χ3v) is 4.74. The predicted molar refractivity (Wildman–Crippen MR) is 75.0 cm³/mol. The highest BCUT2D eigenvalue weighted by molar-refractivity contribution is 7.18. The first kappa shape index (κ1) is 11.5. The molecule has 4 heteroatoms. The van der Waals surface area contributed by atoms with Gasteiger partial charge in [-0.1, -0.05) is 23.7 Å². The van der Waals surface area contributed by atoms with Crippen molar-refractivity contribution in [1.29, 1.82) is 0 Å². The molecule has 0 aliphatic carbocycles. The molecule has 1 aromatic heterocycles. The zero-order valence-corrected chi connectivity index (χ0v) is 11.2. The molecule has 90 valence electrons. The van der Waals surface area contributed by atoms with E-state index in [0.717, 1.165) is 37.7 Å². The van der Waals surface area contributed by atoms with E-state index in [2.05, 4.69) is 21.7 Å². The lowest BCUT2D eigenvalue weighted by Crippen LogP contribution is -2.42. The number of rotatable bonds is 2. The molecule has 0 amide bonds. The van der Waals surface area contributed by atoms with Crippen LogP contribution in [0, 0.1) is 0 Å². The number of thiophene rings is 1. The van der Waals surface area contributed by atoms with Crippen LogP contribution in [0.4, 0.5) is 0 Å². The molecule has 2 nitrogen and oxygen atoms in total. The molecule has 0 atom stereocenters. The third kappa shape index (κ3) is 2.33. The fourth-order valence-corrected chi connectivity index (χ4v) is 3.58. The second kappa shape index (κ2) is 4.94. The van der Waals surface area contributed by atoms with Crippen molar-refractivity contribution in [3.8, 4) is 0 Å². The molecule has 1 N–H and O–H groups in total. The van der Waals surface area contributed by atoms with Crippen LogP contribution in [-0.2, 0) is 6.54 Å². The molecule has 1 aromatic carbocycles. The average molecular weight is 267 g/mol. The molecule has 17 heavy (non-hydrogen) atoms. The summed E-state index contributed by atoms with van der Waals surface area (Å²) in [4.78, 5) is 2.50. The zero-order valence-electron chi connectivity index (χ0n) is 9.58. The summed E-state index contributed by atoms with van der Waals surface area (Å²) >= 11 is 7.95. The van der Waals surface area contributed by atoms with Gasteiger partial charge in [-0.05, 0) is 22.4 Å². The van der Waals surface area contributed by atoms with Crippen molar-refractivity contribution in [1.82, 2.24) is 10.2 Å². The summed E-state index contributed by atoms with van der Waals surface area (Å²) in [7, 11) is 0. The molecule has 2 aromatic rings. The number of halogens is 1. The van der Waals surface area contributed by atoms with Gasteiger partial charge in [-0.2, -0.15) is 0 Å². The normalized spacial score (nSPS) is 17.7. The van der Waals surface area contributed by atoms with E-state index in [1.807, 2.05) is 12.1 Å². The zero-order chi connectivity index (χ0) is 11.7. The van der Waals surface area contributed by atoms with Gasteiger partial charge < -0.3 is 5.32 Å². The van der Waals surface area contributed by atoms with Gasteiger partial charge in [0.05, 0.1) is 9.72 Å². The number of benzene rings is 1. The van der Waals surface area contributed by atoms with Crippen LogP contribution in [0.2, 0.25) is 5.02 Å². The molecule has 0 spiro atoms. The van der Waals surface area contributed by atoms with Gasteiger partial charge in [-0.3, -0.25) is 4.90 Å². The Labute approximate surface area is 110 Å². The fraction of sp³-hybridized carbons (Fsp3) is 0.385. The van der Waals surface area contributed by atoms with Crippen LogP contribution >= 0.6 is 22.9 Å². The number of hydrogen-bond donors (Lipinski definition) is 1. The Morgan fingerprint density at radius 2 is 2.12 bits per heavy atom. The van der Waals surface area contributed by atoms with Crippen molar-refractivity contribution in [2.24, 2.45) is 0 Å². The molecule has 1 aliphatic heterocycles. The number of hydrogen-bond acceptors (Lipinski definition) is 3. The Kier molecular flexibility index (Phi) is 3.34. The summed E-state index contributed by atoms with van der Waals surface area (Å²) in [6.45, 7) is 5.52. The minimum absolute atomic E-state index is 0.874. The molecule has 0 radical (unpaired) electrons. The Balaban J connectivity index is 1.87. The van der Waals surface area contributed by atoms with E-state index in [0.29, 0.717) is 0 Å². The monoisotopic (exact) mass is 266 g/mol. The molecule has 2 heterocycles. The van der Waals surface area contributed by atoms with Gasteiger partial charge in [0, 0.05) is 32.7 Å². The Hall–Kier alpha value is -0.610. The summed E-state index contributed by atoms with van der Waals surface area (Å²) in [6, 6.07) is 6.18. The van der Waals surface area contributed by atoms with Crippen molar-refractivity contribution in [3.05, 3.63) is 34.2 Å². The van der Waals surface area contributed by atoms with Gasteiger partial charge in [0.15, 0.2) is 0 Å². The van der Waals surface area contributed by atoms with Gasteiger partial charge in [0.1, 0.15) is 0 Å². The van der Waals surface area contributed by atoms with Crippen molar-refractivity contribution in [2.75, 3.05) is 26.2 Å². The lowest BCUT2D eigenvalue weighted by molar-refractivity contribution is 0.234. The maximum absolute atomic E-state index is 6.20. The summed E-state index contributed by atoms with van der Waals surface area (Å²) in [6.07, 6.45) is 0.